The van der Waals surface area contributed by atoms with Crippen molar-refractivity contribution in [1.29, 1.82) is 0 Å². The molecule has 3 aromatic heterocycles. The van der Waals surface area contributed by atoms with Crippen molar-refractivity contribution in [1.82, 2.24) is 28.9 Å². The number of rotatable bonds is 4. The Balaban J connectivity index is 1.73. The molecule has 5 rings (SSSR count). The topological polar surface area (TPSA) is 79.2 Å². The van der Waals surface area contributed by atoms with Crippen LogP contribution in [0.15, 0.2) is 65.8 Å². The fourth-order valence-corrected chi connectivity index (χ4v) is 3.78. The minimum atomic E-state index is -0.105. The average molecular weight is 400 g/mol. The number of para-hydroxylation sites is 2. The smallest absolute Gasteiger partial charge is 0.277 e. The maximum atomic E-state index is 13.4. The highest BCUT2D eigenvalue weighted by Crippen LogP contribution is 2.25. The van der Waals surface area contributed by atoms with E-state index in [1.165, 1.54) is 0 Å². The van der Waals surface area contributed by atoms with E-state index in [0.717, 1.165) is 22.5 Å². The second kappa shape index (κ2) is 6.84. The Kier molecular flexibility index (Phi) is 4.13. The number of hydrogen-bond donors (Lipinski definition) is 0. The molecule has 0 bridgehead atoms. The number of ether oxygens (including phenoxy) is 1. The first kappa shape index (κ1) is 18.1. The summed E-state index contributed by atoms with van der Waals surface area (Å²) in [7, 11) is 1.62. The molecule has 8 nitrogen and oxygen atoms in total. The molecule has 0 spiro atoms. The highest BCUT2D eigenvalue weighted by atomic mass is 16.5. The summed E-state index contributed by atoms with van der Waals surface area (Å²) in [6.45, 7) is 4.00. The summed E-state index contributed by atoms with van der Waals surface area (Å²) < 4.78 is 10.6. The van der Waals surface area contributed by atoms with Crippen molar-refractivity contribution in [2.45, 2.75) is 19.9 Å². The van der Waals surface area contributed by atoms with Gasteiger partial charge in [0.05, 0.1) is 30.0 Å². The molecule has 0 unspecified atom stereocenters. The van der Waals surface area contributed by atoms with E-state index < -0.39 is 0 Å². The lowest BCUT2D eigenvalue weighted by atomic mass is 10.2. The first-order chi connectivity index (χ1) is 14.6. The third kappa shape index (κ3) is 2.68. The number of imidazole rings is 1. The third-order valence-electron chi connectivity index (χ3n) is 5.16. The molecule has 0 amide bonds. The molecule has 0 N–H and O–H groups in total. The highest BCUT2D eigenvalue weighted by molar-refractivity contribution is 5.84. The minimum absolute atomic E-state index is 0.00242. The molecule has 0 fully saturated rings. The lowest BCUT2D eigenvalue weighted by Crippen LogP contribution is -2.24. The van der Waals surface area contributed by atoms with Crippen molar-refractivity contribution in [3.05, 3.63) is 71.4 Å². The summed E-state index contributed by atoms with van der Waals surface area (Å²) in [6, 6.07) is 15.4. The minimum Gasteiger partial charge on any atom is -0.497 e. The van der Waals surface area contributed by atoms with Gasteiger partial charge in [0.25, 0.3) is 5.56 Å². The number of hydrogen-bond acceptors (Lipinski definition) is 5. The lowest BCUT2D eigenvalue weighted by Gasteiger charge is -2.15. The zero-order valence-corrected chi connectivity index (χ0v) is 16.9. The predicted octanol–water partition coefficient (Wildman–Crippen LogP) is 3.49. The molecule has 30 heavy (non-hydrogen) atoms. The van der Waals surface area contributed by atoms with Crippen LogP contribution in [0.2, 0.25) is 0 Å². The van der Waals surface area contributed by atoms with Gasteiger partial charge in [-0.15, -0.1) is 5.10 Å². The Morgan fingerprint density at radius 2 is 1.83 bits per heavy atom. The quantitative estimate of drug-likeness (QED) is 0.461. The highest BCUT2D eigenvalue weighted by Gasteiger charge is 2.20. The summed E-state index contributed by atoms with van der Waals surface area (Å²) in [4.78, 5) is 18.0. The fourth-order valence-electron chi connectivity index (χ4n) is 3.78. The Hall–Kier alpha value is -3.94. The SMILES string of the molecule is COc1cccc(-n2cc(-c3ncn4c3c(=O)n(C(C)C)c3ccccc34)nn2)c1. The summed E-state index contributed by atoms with van der Waals surface area (Å²) in [5.74, 6) is 0.725. The van der Waals surface area contributed by atoms with E-state index in [1.54, 1.807) is 28.9 Å². The molecule has 0 saturated carbocycles. The largest absolute Gasteiger partial charge is 0.497 e. The second-order valence-electron chi connectivity index (χ2n) is 7.32. The molecule has 0 radical (unpaired) electrons. The van der Waals surface area contributed by atoms with Crippen LogP contribution >= 0.6 is 0 Å². The monoisotopic (exact) mass is 400 g/mol. The van der Waals surface area contributed by atoms with Gasteiger partial charge in [0.2, 0.25) is 0 Å². The van der Waals surface area contributed by atoms with E-state index in [4.69, 9.17) is 4.74 Å². The lowest BCUT2D eigenvalue weighted by molar-refractivity contribution is 0.414. The summed E-state index contributed by atoms with van der Waals surface area (Å²) in [6.07, 6.45) is 3.44. The van der Waals surface area contributed by atoms with Crippen LogP contribution in [0.1, 0.15) is 19.9 Å². The Bertz CT molecular complexity index is 1440. The van der Waals surface area contributed by atoms with Crippen LogP contribution < -0.4 is 10.3 Å². The van der Waals surface area contributed by atoms with Crippen molar-refractivity contribution in [2.75, 3.05) is 7.11 Å². The number of nitrogens with zero attached hydrogens (tertiary/aromatic N) is 6. The number of methoxy groups -OCH3 is 1. The molecule has 0 atom stereocenters. The Morgan fingerprint density at radius 3 is 2.60 bits per heavy atom. The fraction of sp³-hybridized carbons (Fsp3) is 0.182. The molecular formula is C22H20N6O2. The van der Waals surface area contributed by atoms with E-state index in [9.17, 15) is 4.79 Å². The van der Waals surface area contributed by atoms with Gasteiger partial charge in [0, 0.05) is 12.1 Å². The number of benzene rings is 2. The van der Waals surface area contributed by atoms with Gasteiger partial charge in [0.15, 0.2) is 0 Å². The third-order valence-corrected chi connectivity index (χ3v) is 5.16. The van der Waals surface area contributed by atoms with Crippen LogP contribution in [0, 0.1) is 0 Å². The van der Waals surface area contributed by atoms with Crippen LogP contribution in [0.4, 0.5) is 0 Å². The number of fused-ring (bicyclic) bond motifs is 3. The van der Waals surface area contributed by atoms with Crippen LogP contribution in [0.3, 0.4) is 0 Å². The van der Waals surface area contributed by atoms with Gasteiger partial charge in [-0.3, -0.25) is 9.20 Å². The van der Waals surface area contributed by atoms with Crippen molar-refractivity contribution in [3.63, 3.8) is 0 Å². The summed E-state index contributed by atoms with van der Waals surface area (Å²) in [5, 5.41) is 8.51. The van der Waals surface area contributed by atoms with Gasteiger partial charge < -0.3 is 9.30 Å². The zero-order valence-electron chi connectivity index (χ0n) is 16.9. The molecule has 0 saturated heterocycles. The maximum absolute atomic E-state index is 13.4. The standard InChI is InChI=1S/C22H20N6O2/c1-14(2)28-19-10-5-4-9-18(19)26-13-23-20(21(26)22(28)29)17-12-27(25-24-17)15-7-6-8-16(11-15)30-3/h4-14H,1-3H3. The van der Waals surface area contributed by atoms with Gasteiger partial charge in [0.1, 0.15) is 29.0 Å². The number of aromatic nitrogens is 6. The van der Waals surface area contributed by atoms with Crippen molar-refractivity contribution in [3.8, 4) is 22.8 Å². The Morgan fingerprint density at radius 1 is 1.03 bits per heavy atom. The van der Waals surface area contributed by atoms with E-state index in [0.29, 0.717) is 16.9 Å². The molecule has 8 heteroatoms. The van der Waals surface area contributed by atoms with Gasteiger partial charge in [-0.05, 0) is 38.1 Å². The van der Waals surface area contributed by atoms with Crippen LogP contribution in [0.5, 0.6) is 5.75 Å². The van der Waals surface area contributed by atoms with Gasteiger partial charge in [-0.25, -0.2) is 9.67 Å². The molecule has 2 aromatic carbocycles. The predicted molar refractivity (Wildman–Crippen MR) is 114 cm³/mol. The molecule has 0 aliphatic carbocycles. The van der Waals surface area contributed by atoms with Gasteiger partial charge in [-0.2, -0.15) is 0 Å². The van der Waals surface area contributed by atoms with E-state index in [2.05, 4.69) is 15.3 Å². The molecule has 3 heterocycles. The normalized spacial score (nSPS) is 11.6. The molecule has 5 aromatic rings. The van der Waals surface area contributed by atoms with Gasteiger partial charge >= 0.3 is 0 Å². The van der Waals surface area contributed by atoms with E-state index >= 15 is 0 Å². The zero-order chi connectivity index (χ0) is 20.8. The second-order valence-corrected chi connectivity index (χ2v) is 7.32. The van der Waals surface area contributed by atoms with Crippen LogP contribution in [-0.2, 0) is 0 Å². The molecule has 150 valence electrons. The summed E-state index contributed by atoms with van der Waals surface area (Å²) >= 11 is 0. The van der Waals surface area contributed by atoms with E-state index in [1.807, 2.05) is 66.8 Å². The van der Waals surface area contributed by atoms with Crippen LogP contribution in [-0.4, -0.2) is 36.1 Å². The first-order valence-electron chi connectivity index (χ1n) is 9.66. The van der Waals surface area contributed by atoms with E-state index in [-0.39, 0.29) is 11.6 Å². The van der Waals surface area contributed by atoms with Gasteiger partial charge in [-0.1, -0.05) is 23.4 Å². The molecule has 0 aliphatic rings. The molecular weight excluding hydrogens is 380 g/mol. The van der Waals surface area contributed by atoms with Crippen molar-refractivity contribution < 1.29 is 4.74 Å². The Labute approximate surface area is 172 Å². The first-order valence-corrected chi connectivity index (χ1v) is 9.66. The van der Waals surface area contributed by atoms with Crippen LogP contribution in [0.25, 0.3) is 33.6 Å². The van der Waals surface area contributed by atoms with Crippen molar-refractivity contribution in [2.24, 2.45) is 0 Å². The van der Waals surface area contributed by atoms with Crippen molar-refractivity contribution >= 4 is 16.6 Å². The maximum Gasteiger partial charge on any atom is 0.277 e. The molecule has 0 aliphatic heterocycles. The average Bonchev–Trinajstić information content (AvgIpc) is 3.41. The summed E-state index contributed by atoms with van der Waals surface area (Å²) in [5.41, 5.74) is 4.01.